The molecule has 0 unspecified atom stereocenters. The Hall–Kier alpha value is 1.88. The van der Waals surface area contributed by atoms with E-state index < -0.39 is 21.1 Å². The number of hydrogen-bond donors (Lipinski definition) is 1. The van der Waals surface area contributed by atoms with Gasteiger partial charge in [-0.3, -0.25) is 0 Å². The molecule has 5 heteroatoms. The van der Waals surface area contributed by atoms with Gasteiger partial charge in [-0.1, -0.05) is 0 Å². The molecular formula is HDyIO3. The molecule has 5 heavy (non-hydrogen) atoms. The van der Waals surface area contributed by atoms with E-state index in [-0.39, 0.29) is 38.2 Å². The molecule has 0 aromatic heterocycles. The topological polar surface area (TPSA) is 66.3 Å². The Bertz CT molecular complexity index is 11.6. The van der Waals surface area contributed by atoms with Crippen molar-refractivity contribution in [2.24, 2.45) is 0 Å². The van der Waals surface area contributed by atoms with E-state index in [9.17, 15) is 0 Å². The van der Waals surface area contributed by atoms with Gasteiger partial charge in [0.05, 0.1) is 0 Å². The van der Waals surface area contributed by atoms with Crippen LogP contribution in [0.5, 0.6) is 0 Å². The Labute approximate surface area is 68.4 Å². The SMILES string of the molecule is [Dy].[O-][I+2]([O-])O. The smallest absolute Gasteiger partial charge is 0.396 e. The van der Waals surface area contributed by atoms with Crippen molar-refractivity contribution in [3.63, 3.8) is 0 Å². The zero-order valence-corrected chi connectivity index (χ0v) is 6.14. The van der Waals surface area contributed by atoms with E-state index in [1.807, 2.05) is 0 Å². The molecule has 0 heterocycles. The second kappa shape index (κ2) is 5.88. The first-order chi connectivity index (χ1) is 1.73. The Kier molecular flexibility index (Phi) is 11.8. The van der Waals surface area contributed by atoms with Gasteiger partial charge in [-0.25, -0.2) is 0 Å². The van der Waals surface area contributed by atoms with Crippen LogP contribution in [0, 0.1) is 38.2 Å². The van der Waals surface area contributed by atoms with E-state index in [4.69, 9.17) is 10.3 Å². The van der Waals surface area contributed by atoms with Crippen molar-refractivity contribution < 1.29 is 69.5 Å². The third-order valence-corrected chi connectivity index (χ3v) is 0. The van der Waals surface area contributed by atoms with Gasteiger partial charge >= 0.3 is 21.1 Å². The third-order valence-electron chi connectivity index (χ3n) is 0. The molecule has 0 saturated carbocycles. The van der Waals surface area contributed by atoms with Crippen molar-refractivity contribution in [3.05, 3.63) is 0 Å². The Morgan fingerprint density at radius 1 is 1.40 bits per heavy atom. The predicted octanol–water partition coefficient (Wildman–Crippen LogP) is -5.93. The summed E-state index contributed by atoms with van der Waals surface area (Å²) in [5.41, 5.74) is 0. The van der Waals surface area contributed by atoms with Crippen LogP contribution in [-0.4, -0.2) is 3.44 Å². The molecule has 0 rings (SSSR count). The first kappa shape index (κ1) is 9.99. The largest absolute Gasteiger partial charge is 0.503 e. The Balaban J connectivity index is 0. The van der Waals surface area contributed by atoms with Crippen LogP contribution in [0.1, 0.15) is 0 Å². The second-order valence-electron chi connectivity index (χ2n) is 0.201. The van der Waals surface area contributed by atoms with E-state index in [2.05, 4.69) is 0 Å². The monoisotopic (exact) mass is 340 g/mol. The summed E-state index contributed by atoms with van der Waals surface area (Å²) in [4.78, 5) is 0. The summed E-state index contributed by atoms with van der Waals surface area (Å²) in [5.74, 6) is 0. The minimum atomic E-state index is -3.76. The van der Waals surface area contributed by atoms with E-state index in [0.717, 1.165) is 0 Å². The maximum atomic E-state index is 8.68. The molecule has 0 atom stereocenters. The van der Waals surface area contributed by atoms with E-state index in [1.165, 1.54) is 0 Å². The predicted molar refractivity (Wildman–Crippen MR) is 2.22 cm³/mol. The normalized spacial score (nSPS) is 7.20. The fraction of sp³-hybridized carbons (Fsp3) is 0. The summed E-state index contributed by atoms with van der Waals surface area (Å²) >= 11 is -3.76. The van der Waals surface area contributed by atoms with Crippen molar-refractivity contribution >= 4 is 0 Å². The molecule has 0 aliphatic rings. The second-order valence-corrected chi connectivity index (χ2v) is 1.35. The molecule has 0 aliphatic heterocycles. The van der Waals surface area contributed by atoms with Gasteiger partial charge in [0.15, 0.2) is 0 Å². The van der Waals surface area contributed by atoms with Crippen LogP contribution in [0.4, 0.5) is 0 Å². The van der Waals surface area contributed by atoms with E-state index in [0.29, 0.717) is 0 Å². The van der Waals surface area contributed by atoms with E-state index in [1.54, 1.807) is 0 Å². The average molecular weight is 338 g/mol. The molecule has 0 aliphatic carbocycles. The zero-order chi connectivity index (χ0) is 3.58. The standard InChI is InChI=1S/Dy.HIO3/c;2-1(3)4/h;2H. The molecule has 0 radical (unpaired) electrons. The minimum Gasteiger partial charge on any atom is -0.396 e. The fourth-order valence-corrected chi connectivity index (χ4v) is 0. The minimum absolute atomic E-state index is 0. The molecule has 1 N–H and O–H groups in total. The Morgan fingerprint density at radius 3 is 1.40 bits per heavy atom. The van der Waals surface area contributed by atoms with Gasteiger partial charge in [0.25, 0.3) is 0 Å². The fourth-order valence-electron chi connectivity index (χ4n) is 0. The number of halogens is 1. The van der Waals surface area contributed by atoms with Crippen LogP contribution in [0.15, 0.2) is 0 Å². The van der Waals surface area contributed by atoms with Crippen LogP contribution in [0.2, 0.25) is 0 Å². The molecule has 0 spiro atoms. The average Bonchev–Trinajstić information content (AvgIpc) is 0.811. The van der Waals surface area contributed by atoms with Crippen LogP contribution in [0.25, 0.3) is 0 Å². The van der Waals surface area contributed by atoms with Crippen LogP contribution in [-0.2, 0) is 0 Å². The molecule has 0 amide bonds. The summed E-state index contributed by atoms with van der Waals surface area (Å²) in [6.07, 6.45) is 0. The molecule has 0 saturated heterocycles. The first-order valence-corrected chi connectivity index (χ1v) is 3.20. The summed E-state index contributed by atoms with van der Waals surface area (Å²) in [5, 5.41) is 0. The van der Waals surface area contributed by atoms with Gasteiger partial charge in [0, 0.05) is 38.2 Å². The van der Waals surface area contributed by atoms with Gasteiger partial charge in [-0.2, -0.15) is 0 Å². The number of hydrogen-bond acceptors (Lipinski definition) is 3. The molecule has 3 nitrogen and oxygen atoms in total. The van der Waals surface area contributed by atoms with Crippen LogP contribution >= 0.6 is 0 Å². The summed E-state index contributed by atoms with van der Waals surface area (Å²) in [6, 6.07) is 0. The molecule has 36 valence electrons. The van der Waals surface area contributed by atoms with Crippen molar-refractivity contribution in [3.8, 4) is 0 Å². The van der Waals surface area contributed by atoms with Gasteiger partial charge < -0.3 is 6.87 Å². The van der Waals surface area contributed by atoms with Crippen molar-refractivity contribution in [2.45, 2.75) is 0 Å². The molecule has 0 bridgehead atoms. The van der Waals surface area contributed by atoms with Gasteiger partial charge in [-0.15, -0.1) is 0 Å². The summed E-state index contributed by atoms with van der Waals surface area (Å²) in [7, 11) is 0. The van der Waals surface area contributed by atoms with Gasteiger partial charge in [0.2, 0.25) is 0 Å². The maximum absolute atomic E-state index is 8.68. The summed E-state index contributed by atoms with van der Waals surface area (Å²) < 4.78 is 24.5. The van der Waals surface area contributed by atoms with Crippen molar-refractivity contribution in [1.82, 2.24) is 0 Å². The van der Waals surface area contributed by atoms with Crippen molar-refractivity contribution in [1.29, 1.82) is 0 Å². The van der Waals surface area contributed by atoms with E-state index >= 15 is 0 Å². The zero-order valence-electron chi connectivity index (χ0n) is 1.96. The van der Waals surface area contributed by atoms with Crippen LogP contribution in [0.3, 0.4) is 0 Å². The Morgan fingerprint density at radius 2 is 1.40 bits per heavy atom. The first-order valence-electron chi connectivity index (χ1n) is 0.478. The maximum Gasteiger partial charge on any atom is 0.503 e. The van der Waals surface area contributed by atoms with Gasteiger partial charge in [-0.05, 0) is 3.44 Å². The van der Waals surface area contributed by atoms with Crippen LogP contribution < -0.4 is 27.9 Å². The molecule has 0 aromatic carbocycles. The quantitative estimate of drug-likeness (QED) is 0.448. The third kappa shape index (κ3) is 25.0. The van der Waals surface area contributed by atoms with Gasteiger partial charge in [0.1, 0.15) is 0 Å². The molecular weight excluding hydrogens is 337 g/mol. The molecule has 0 aromatic rings. The number of rotatable bonds is 0. The van der Waals surface area contributed by atoms with Crippen molar-refractivity contribution in [2.75, 3.05) is 0 Å². The molecule has 0 fully saturated rings. The summed E-state index contributed by atoms with van der Waals surface area (Å²) in [6.45, 7) is 0.